The fourth-order valence-electron chi connectivity index (χ4n) is 3.24. The van der Waals surface area contributed by atoms with Gasteiger partial charge in [-0.3, -0.25) is 4.90 Å². The molecule has 0 bridgehead atoms. The zero-order valence-corrected chi connectivity index (χ0v) is 11.8. The van der Waals surface area contributed by atoms with Gasteiger partial charge < -0.3 is 5.32 Å². The summed E-state index contributed by atoms with van der Waals surface area (Å²) in [5, 5.41) is 6.33. The molecule has 19 heavy (non-hydrogen) atoms. The SMILES string of the molecule is CC1CN(Cc2cccc3ccccc23)CC(C)N1. The lowest BCUT2D eigenvalue weighted by molar-refractivity contribution is 0.167. The average molecular weight is 254 g/mol. The zero-order valence-electron chi connectivity index (χ0n) is 11.8. The van der Waals surface area contributed by atoms with Crippen LogP contribution < -0.4 is 5.32 Å². The van der Waals surface area contributed by atoms with Crippen LogP contribution in [0.25, 0.3) is 10.8 Å². The Balaban J connectivity index is 1.85. The zero-order chi connectivity index (χ0) is 13.2. The van der Waals surface area contributed by atoms with Gasteiger partial charge in [0.05, 0.1) is 0 Å². The molecule has 2 nitrogen and oxygen atoms in total. The third kappa shape index (κ3) is 2.80. The molecule has 2 atom stereocenters. The van der Waals surface area contributed by atoms with E-state index >= 15 is 0 Å². The van der Waals surface area contributed by atoms with Crippen molar-refractivity contribution in [3.8, 4) is 0 Å². The minimum Gasteiger partial charge on any atom is -0.309 e. The van der Waals surface area contributed by atoms with Crippen LogP contribution in [0.1, 0.15) is 19.4 Å². The normalized spacial score (nSPS) is 24.7. The summed E-state index contributed by atoms with van der Waals surface area (Å²) < 4.78 is 0. The van der Waals surface area contributed by atoms with Gasteiger partial charge in [0.15, 0.2) is 0 Å². The van der Waals surface area contributed by atoms with Crippen molar-refractivity contribution in [2.45, 2.75) is 32.5 Å². The van der Waals surface area contributed by atoms with E-state index in [9.17, 15) is 0 Å². The van der Waals surface area contributed by atoms with Crippen molar-refractivity contribution in [3.63, 3.8) is 0 Å². The molecule has 3 rings (SSSR count). The van der Waals surface area contributed by atoms with Crippen LogP contribution in [0.2, 0.25) is 0 Å². The molecule has 1 heterocycles. The monoisotopic (exact) mass is 254 g/mol. The van der Waals surface area contributed by atoms with Crippen molar-refractivity contribution in [1.29, 1.82) is 0 Å². The summed E-state index contributed by atoms with van der Waals surface area (Å²) in [6, 6.07) is 16.5. The van der Waals surface area contributed by atoms with Gasteiger partial charge in [-0.15, -0.1) is 0 Å². The van der Waals surface area contributed by atoms with Gasteiger partial charge in [0.2, 0.25) is 0 Å². The predicted molar refractivity (Wildman–Crippen MR) is 81.3 cm³/mol. The maximum atomic E-state index is 3.59. The number of nitrogens with one attached hydrogen (secondary N) is 1. The summed E-state index contributed by atoms with van der Waals surface area (Å²) in [7, 11) is 0. The lowest BCUT2D eigenvalue weighted by atomic mass is 10.0. The summed E-state index contributed by atoms with van der Waals surface area (Å²) >= 11 is 0. The minimum absolute atomic E-state index is 0.582. The Hall–Kier alpha value is -1.38. The third-order valence-electron chi connectivity index (χ3n) is 3.91. The predicted octanol–water partition coefficient (Wildman–Crippen LogP) is 3.02. The van der Waals surface area contributed by atoms with E-state index in [4.69, 9.17) is 0 Å². The van der Waals surface area contributed by atoms with E-state index in [-0.39, 0.29) is 0 Å². The fourth-order valence-corrected chi connectivity index (χ4v) is 3.24. The molecule has 1 saturated heterocycles. The highest BCUT2D eigenvalue weighted by atomic mass is 15.2. The molecule has 1 fully saturated rings. The van der Waals surface area contributed by atoms with Crippen LogP contribution in [-0.2, 0) is 6.54 Å². The highest BCUT2D eigenvalue weighted by molar-refractivity contribution is 5.85. The van der Waals surface area contributed by atoms with Gasteiger partial charge in [-0.1, -0.05) is 42.5 Å². The van der Waals surface area contributed by atoms with Crippen molar-refractivity contribution in [2.24, 2.45) is 0 Å². The molecule has 1 aliphatic heterocycles. The van der Waals surface area contributed by atoms with E-state index < -0.39 is 0 Å². The molecule has 0 spiro atoms. The Morgan fingerprint density at radius 2 is 1.68 bits per heavy atom. The van der Waals surface area contributed by atoms with E-state index in [1.165, 1.54) is 16.3 Å². The highest BCUT2D eigenvalue weighted by Gasteiger charge is 2.21. The number of hydrogen-bond acceptors (Lipinski definition) is 2. The third-order valence-corrected chi connectivity index (χ3v) is 3.91. The molecule has 2 heteroatoms. The standard InChI is InChI=1S/C17H22N2/c1-13-10-19(11-14(2)18-13)12-16-8-5-7-15-6-3-4-9-17(15)16/h3-9,13-14,18H,10-12H2,1-2H3. The van der Waals surface area contributed by atoms with E-state index in [2.05, 4.69) is 66.5 Å². The molecule has 100 valence electrons. The lowest BCUT2D eigenvalue weighted by Gasteiger charge is -2.36. The first-order chi connectivity index (χ1) is 9.22. The van der Waals surface area contributed by atoms with Gasteiger partial charge >= 0.3 is 0 Å². The maximum Gasteiger partial charge on any atom is 0.0241 e. The Kier molecular flexibility index (Phi) is 3.54. The number of rotatable bonds is 2. The van der Waals surface area contributed by atoms with Gasteiger partial charge in [-0.2, -0.15) is 0 Å². The Morgan fingerprint density at radius 3 is 2.47 bits per heavy atom. The van der Waals surface area contributed by atoms with Crippen LogP contribution >= 0.6 is 0 Å². The van der Waals surface area contributed by atoms with Gasteiger partial charge in [-0.25, -0.2) is 0 Å². The van der Waals surface area contributed by atoms with Crippen LogP contribution in [0.4, 0.5) is 0 Å². The van der Waals surface area contributed by atoms with E-state index in [1.54, 1.807) is 0 Å². The minimum atomic E-state index is 0.582. The second-order valence-electron chi connectivity index (χ2n) is 5.80. The smallest absolute Gasteiger partial charge is 0.0241 e. The lowest BCUT2D eigenvalue weighted by Crippen LogP contribution is -2.53. The molecule has 0 aromatic heterocycles. The largest absolute Gasteiger partial charge is 0.309 e. The Morgan fingerprint density at radius 1 is 1.00 bits per heavy atom. The molecule has 0 amide bonds. The number of nitrogens with zero attached hydrogens (tertiary/aromatic N) is 1. The number of piperazine rings is 1. The van der Waals surface area contributed by atoms with Crippen molar-refractivity contribution in [3.05, 3.63) is 48.0 Å². The highest BCUT2D eigenvalue weighted by Crippen LogP contribution is 2.20. The van der Waals surface area contributed by atoms with Crippen molar-refractivity contribution in [2.75, 3.05) is 13.1 Å². The molecule has 1 N–H and O–H groups in total. The molecule has 1 aliphatic rings. The van der Waals surface area contributed by atoms with Crippen LogP contribution in [0.15, 0.2) is 42.5 Å². The molecule has 0 aliphatic carbocycles. The molecule has 2 aromatic carbocycles. The number of hydrogen-bond donors (Lipinski definition) is 1. The second-order valence-corrected chi connectivity index (χ2v) is 5.80. The van der Waals surface area contributed by atoms with E-state index in [0.717, 1.165) is 19.6 Å². The number of benzene rings is 2. The summed E-state index contributed by atoms with van der Waals surface area (Å²) in [5.74, 6) is 0. The molecule has 0 radical (unpaired) electrons. The first kappa shape index (κ1) is 12.6. The molecular weight excluding hydrogens is 232 g/mol. The topological polar surface area (TPSA) is 15.3 Å². The molecular formula is C17H22N2. The van der Waals surface area contributed by atoms with Gasteiger partial charge in [-0.05, 0) is 30.2 Å². The van der Waals surface area contributed by atoms with Crippen LogP contribution in [0, 0.1) is 0 Å². The molecule has 2 unspecified atom stereocenters. The van der Waals surface area contributed by atoms with E-state index in [0.29, 0.717) is 12.1 Å². The molecule has 2 aromatic rings. The summed E-state index contributed by atoms with van der Waals surface area (Å²) in [4.78, 5) is 2.56. The second kappa shape index (κ2) is 5.32. The van der Waals surface area contributed by atoms with E-state index in [1.807, 2.05) is 0 Å². The summed E-state index contributed by atoms with van der Waals surface area (Å²) in [5.41, 5.74) is 1.44. The fraction of sp³-hybridized carbons (Fsp3) is 0.412. The van der Waals surface area contributed by atoms with Crippen molar-refractivity contribution in [1.82, 2.24) is 10.2 Å². The maximum absolute atomic E-state index is 3.59. The van der Waals surface area contributed by atoms with Crippen molar-refractivity contribution >= 4 is 10.8 Å². The Labute approximate surface area is 115 Å². The van der Waals surface area contributed by atoms with Gasteiger partial charge in [0, 0.05) is 31.7 Å². The van der Waals surface area contributed by atoms with Crippen LogP contribution in [0.5, 0.6) is 0 Å². The first-order valence-electron chi connectivity index (χ1n) is 7.17. The van der Waals surface area contributed by atoms with Crippen LogP contribution in [-0.4, -0.2) is 30.1 Å². The van der Waals surface area contributed by atoms with Crippen molar-refractivity contribution < 1.29 is 0 Å². The Bertz CT molecular complexity index is 549. The summed E-state index contributed by atoms with van der Waals surface area (Å²) in [6.45, 7) is 7.86. The average Bonchev–Trinajstić information content (AvgIpc) is 2.38. The molecule has 0 saturated carbocycles. The quantitative estimate of drug-likeness (QED) is 0.886. The van der Waals surface area contributed by atoms with Gasteiger partial charge in [0.1, 0.15) is 0 Å². The van der Waals surface area contributed by atoms with Crippen LogP contribution in [0.3, 0.4) is 0 Å². The number of fused-ring (bicyclic) bond motifs is 1. The first-order valence-corrected chi connectivity index (χ1v) is 7.17. The van der Waals surface area contributed by atoms with Gasteiger partial charge in [0.25, 0.3) is 0 Å². The summed E-state index contributed by atoms with van der Waals surface area (Å²) in [6.07, 6.45) is 0.